The number of nitrogens with one attached hydrogen (secondary N) is 1. The highest BCUT2D eigenvalue weighted by Crippen LogP contribution is 2.29. The summed E-state index contributed by atoms with van der Waals surface area (Å²) in [6, 6.07) is 24.8. The zero-order valence-electron chi connectivity index (χ0n) is 17.9. The van der Waals surface area contributed by atoms with E-state index >= 15 is 0 Å². The number of halogens is 2. The Morgan fingerprint density at radius 2 is 1.75 bits per heavy atom. The highest BCUT2D eigenvalue weighted by molar-refractivity contribution is 6.31. The van der Waals surface area contributed by atoms with Crippen molar-refractivity contribution in [1.29, 1.82) is 0 Å². The molecule has 0 atom stereocenters. The van der Waals surface area contributed by atoms with Crippen molar-refractivity contribution in [3.63, 3.8) is 0 Å². The highest BCUT2D eigenvalue weighted by Gasteiger charge is 2.10. The molecular formula is C27H25ClFNO2. The van der Waals surface area contributed by atoms with Crippen LogP contribution in [0.5, 0.6) is 11.5 Å². The van der Waals surface area contributed by atoms with Crippen molar-refractivity contribution in [3.8, 4) is 11.5 Å². The van der Waals surface area contributed by atoms with Gasteiger partial charge in [-0.1, -0.05) is 60.1 Å². The van der Waals surface area contributed by atoms with Crippen molar-refractivity contribution in [3.05, 3.63) is 106 Å². The van der Waals surface area contributed by atoms with E-state index in [0.29, 0.717) is 11.6 Å². The van der Waals surface area contributed by atoms with E-state index in [9.17, 15) is 4.39 Å². The van der Waals surface area contributed by atoms with Gasteiger partial charge in [-0.05, 0) is 59.6 Å². The quantitative estimate of drug-likeness (QED) is 0.294. The summed E-state index contributed by atoms with van der Waals surface area (Å²) in [6.07, 6.45) is 0.913. The lowest BCUT2D eigenvalue weighted by atomic mass is 10.0. The molecule has 0 saturated carbocycles. The van der Waals surface area contributed by atoms with Crippen molar-refractivity contribution in [2.24, 2.45) is 0 Å². The maximum absolute atomic E-state index is 13.3. The fraction of sp³-hybridized carbons (Fsp3) is 0.185. The summed E-state index contributed by atoms with van der Waals surface area (Å²) in [7, 11) is 1.67. The lowest BCUT2D eigenvalue weighted by Gasteiger charge is -2.16. The van der Waals surface area contributed by atoms with Gasteiger partial charge in [-0.2, -0.15) is 0 Å². The Bertz CT molecular complexity index is 1190. The summed E-state index contributed by atoms with van der Waals surface area (Å²) in [5.41, 5.74) is 3.09. The van der Waals surface area contributed by atoms with Crippen LogP contribution in [0.25, 0.3) is 10.8 Å². The molecule has 5 heteroatoms. The number of fused-ring (bicyclic) bond motifs is 1. The third-order valence-corrected chi connectivity index (χ3v) is 5.80. The SMILES string of the molecule is COc1ccc(CCNCc2c(OCc3ccc(F)cc3Cl)ccc3ccccc23)cc1. The van der Waals surface area contributed by atoms with Crippen LogP contribution in [0.15, 0.2) is 78.9 Å². The minimum absolute atomic E-state index is 0.274. The Morgan fingerprint density at radius 3 is 2.53 bits per heavy atom. The van der Waals surface area contributed by atoms with Crippen LogP contribution in [0.2, 0.25) is 5.02 Å². The molecule has 0 spiro atoms. The Labute approximate surface area is 192 Å². The van der Waals surface area contributed by atoms with Crippen molar-refractivity contribution in [2.75, 3.05) is 13.7 Å². The number of hydrogen-bond acceptors (Lipinski definition) is 3. The molecule has 0 fully saturated rings. The number of ether oxygens (including phenoxy) is 2. The number of rotatable bonds is 9. The molecule has 0 aromatic heterocycles. The largest absolute Gasteiger partial charge is 0.497 e. The Kier molecular flexibility index (Phi) is 7.25. The smallest absolute Gasteiger partial charge is 0.124 e. The molecule has 0 heterocycles. The van der Waals surface area contributed by atoms with E-state index in [2.05, 4.69) is 35.6 Å². The van der Waals surface area contributed by atoms with Crippen LogP contribution >= 0.6 is 11.6 Å². The van der Waals surface area contributed by atoms with Crippen LogP contribution in [-0.4, -0.2) is 13.7 Å². The first-order chi connectivity index (χ1) is 15.6. The second-order valence-electron chi connectivity index (χ2n) is 7.56. The predicted molar refractivity (Wildman–Crippen MR) is 128 cm³/mol. The van der Waals surface area contributed by atoms with Gasteiger partial charge in [0.1, 0.15) is 23.9 Å². The fourth-order valence-corrected chi connectivity index (χ4v) is 3.89. The van der Waals surface area contributed by atoms with Crippen LogP contribution < -0.4 is 14.8 Å². The molecule has 0 bridgehead atoms. The average molecular weight is 450 g/mol. The lowest BCUT2D eigenvalue weighted by molar-refractivity contribution is 0.302. The normalized spacial score (nSPS) is 11.0. The van der Waals surface area contributed by atoms with Gasteiger partial charge in [-0.15, -0.1) is 0 Å². The monoisotopic (exact) mass is 449 g/mol. The minimum atomic E-state index is -0.355. The van der Waals surface area contributed by atoms with Crippen LogP contribution in [0.1, 0.15) is 16.7 Å². The van der Waals surface area contributed by atoms with Crippen molar-refractivity contribution in [2.45, 2.75) is 19.6 Å². The third kappa shape index (κ3) is 5.39. The first-order valence-electron chi connectivity index (χ1n) is 10.5. The van der Waals surface area contributed by atoms with Gasteiger partial charge in [0, 0.05) is 17.7 Å². The molecule has 164 valence electrons. The van der Waals surface area contributed by atoms with Gasteiger partial charge < -0.3 is 14.8 Å². The van der Waals surface area contributed by atoms with E-state index in [0.717, 1.165) is 46.4 Å². The van der Waals surface area contributed by atoms with Crippen LogP contribution in [0, 0.1) is 5.82 Å². The Balaban J connectivity index is 1.46. The summed E-state index contributed by atoms with van der Waals surface area (Å²) in [5.74, 6) is 1.30. The number of benzene rings is 4. The van der Waals surface area contributed by atoms with Gasteiger partial charge in [0.2, 0.25) is 0 Å². The zero-order chi connectivity index (χ0) is 22.3. The second-order valence-corrected chi connectivity index (χ2v) is 7.97. The van der Waals surface area contributed by atoms with E-state index < -0.39 is 0 Å². The van der Waals surface area contributed by atoms with E-state index in [1.165, 1.54) is 17.7 Å². The maximum atomic E-state index is 13.3. The topological polar surface area (TPSA) is 30.5 Å². The molecule has 3 nitrogen and oxygen atoms in total. The average Bonchev–Trinajstić information content (AvgIpc) is 2.82. The summed E-state index contributed by atoms with van der Waals surface area (Å²) in [4.78, 5) is 0. The Hall–Kier alpha value is -3.08. The fourth-order valence-electron chi connectivity index (χ4n) is 3.67. The molecule has 4 rings (SSSR count). The van der Waals surface area contributed by atoms with Gasteiger partial charge >= 0.3 is 0 Å². The summed E-state index contributed by atoms with van der Waals surface area (Å²) in [5, 5.41) is 6.21. The predicted octanol–water partition coefficient (Wildman–Crippen LogP) is 6.55. The molecule has 0 aliphatic heterocycles. The number of methoxy groups -OCH3 is 1. The van der Waals surface area contributed by atoms with Gasteiger partial charge in [0.15, 0.2) is 0 Å². The highest BCUT2D eigenvalue weighted by atomic mass is 35.5. The summed E-state index contributed by atoms with van der Waals surface area (Å²) in [6.45, 7) is 1.78. The van der Waals surface area contributed by atoms with Crippen molar-refractivity contribution >= 4 is 22.4 Å². The third-order valence-electron chi connectivity index (χ3n) is 5.45. The van der Waals surface area contributed by atoms with Crippen LogP contribution in [0.4, 0.5) is 4.39 Å². The summed E-state index contributed by atoms with van der Waals surface area (Å²) >= 11 is 6.17. The zero-order valence-corrected chi connectivity index (χ0v) is 18.7. The lowest BCUT2D eigenvalue weighted by Crippen LogP contribution is -2.17. The minimum Gasteiger partial charge on any atom is -0.497 e. The second kappa shape index (κ2) is 10.5. The van der Waals surface area contributed by atoms with E-state index in [1.807, 2.05) is 30.3 Å². The first-order valence-corrected chi connectivity index (χ1v) is 10.9. The van der Waals surface area contributed by atoms with E-state index in [4.69, 9.17) is 21.1 Å². The standard InChI is InChI=1S/C27H25ClFNO2/c1-31-23-11-6-19(7-12-23)14-15-30-17-25-24-5-3-2-4-20(24)9-13-27(25)32-18-21-8-10-22(29)16-26(21)28/h2-13,16,30H,14-15,17-18H2,1H3. The maximum Gasteiger partial charge on any atom is 0.124 e. The Morgan fingerprint density at radius 1 is 0.938 bits per heavy atom. The first kappa shape index (κ1) is 22.1. The van der Waals surface area contributed by atoms with Gasteiger partial charge in [-0.25, -0.2) is 4.39 Å². The number of hydrogen-bond donors (Lipinski definition) is 1. The summed E-state index contributed by atoms with van der Waals surface area (Å²) < 4.78 is 24.7. The van der Waals surface area contributed by atoms with E-state index in [-0.39, 0.29) is 12.4 Å². The molecule has 1 N–H and O–H groups in total. The molecule has 0 amide bonds. The van der Waals surface area contributed by atoms with Crippen LogP contribution in [-0.2, 0) is 19.6 Å². The molecule has 0 radical (unpaired) electrons. The molecule has 0 aliphatic rings. The van der Waals surface area contributed by atoms with Crippen molar-refractivity contribution < 1.29 is 13.9 Å². The molecule has 0 aliphatic carbocycles. The molecule has 0 unspecified atom stereocenters. The van der Waals surface area contributed by atoms with Crippen molar-refractivity contribution in [1.82, 2.24) is 5.32 Å². The van der Waals surface area contributed by atoms with E-state index in [1.54, 1.807) is 13.2 Å². The molecule has 32 heavy (non-hydrogen) atoms. The molecule has 4 aromatic carbocycles. The van der Waals surface area contributed by atoms with Gasteiger partial charge in [0.05, 0.1) is 12.1 Å². The van der Waals surface area contributed by atoms with Gasteiger partial charge in [0.25, 0.3) is 0 Å². The molecule has 0 saturated heterocycles. The molecule has 4 aromatic rings. The molecular weight excluding hydrogens is 425 g/mol. The van der Waals surface area contributed by atoms with Crippen LogP contribution in [0.3, 0.4) is 0 Å². The van der Waals surface area contributed by atoms with Gasteiger partial charge in [-0.3, -0.25) is 0 Å².